The Morgan fingerprint density at radius 3 is 1.71 bits per heavy atom. The first-order chi connectivity index (χ1) is 18.1. The molecule has 1 aromatic heterocycles. The molecule has 4 rings (SSSR count). The zero-order valence-corrected chi connectivity index (χ0v) is 26.3. The Morgan fingerprint density at radius 1 is 0.842 bits per heavy atom. The molecular formula is C33H41NOPSSi+. The second-order valence-electron chi connectivity index (χ2n) is 11.4. The van der Waals surface area contributed by atoms with Crippen LogP contribution in [-0.4, -0.2) is 25.6 Å². The molecule has 38 heavy (non-hydrogen) atoms. The second-order valence-corrected chi connectivity index (χ2v) is 20.8. The van der Waals surface area contributed by atoms with Gasteiger partial charge in [0.15, 0.2) is 8.32 Å². The SMILES string of the molecule is Cc1nc(/C=C/[C@H](CC[P+](c2ccccc2)(c2ccccc2)c2ccccc2)O[Si](C)(C)C(C)(C)C)cs1. The highest BCUT2D eigenvalue weighted by Gasteiger charge is 2.46. The van der Waals surface area contributed by atoms with Crippen molar-refractivity contribution in [1.82, 2.24) is 4.98 Å². The van der Waals surface area contributed by atoms with Gasteiger partial charge in [-0.2, -0.15) is 0 Å². The number of benzene rings is 3. The van der Waals surface area contributed by atoms with Gasteiger partial charge in [-0.15, -0.1) is 11.3 Å². The fraction of sp³-hybridized carbons (Fsp3) is 0.303. The van der Waals surface area contributed by atoms with E-state index in [2.05, 4.69) is 154 Å². The lowest BCUT2D eigenvalue weighted by Gasteiger charge is -2.39. The quantitative estimate of drug-likeness (QED) is 0.144. The average Bonchev–Trinajstić information content (AvgIpc) is 3.33. The van der Waals surface area contributed by atoms with Crippen molar-refractivity contribution in [3.05, 3.63) is 113 Å². The lowest BCUT2D eigenvalue weighted by atomic mass is 10.2. The zero-order valence-electron chi connectivity index (χ0n) is 23.6. The largest absolute Gasteiger partial charge is 0.410 e. The van der Waals surface area contributed by atoms with E-state index in [4.69, 9.17) is 4.43 Å². The Labute approximate surface area is 235 Å². The standard InChI is InChI=1S/C33H41NOPSSi/c1-27-34-28(26-37-27)22-23-29(35-38(5,6)33(2,3)4)24-25-36(30-16-10-7-11-17-30,31-18-12-8-13-19-31)32-20-14-9-15-21-32/h7-23,26,29H,24-25H2,1-6H3/q+1/b23-22+/t29-/m1/s1. The highest BCUT2D eigenvalue weighted by molar-refractivity contribution is 7.95. The lowest BCUT2D eigenvalue weighted by molar-refractivity contribution is 0.222. The van der Waals surface area contributed by atoms with Crippen LogP contribution < -0.4 is 15.9 Å². The molecule has 0 aliphatic heterocycles. The van der Waals surface area contributed by atoms with Crippen molar-refractivity contribution in [2.45, 2.75) is 58.4 Å². The molecule has 5 heteroatoms. The van der Waals surface area contributed by atoms with Crippen LogP contribution >= 0.6 is 18.6 Å². The van der Waals surface area contributed by atoms with Crippen molar-refractivity contribution in [3.63, 3.8) is 0 Å². The van der Waals surface area contributed by atoms with Crippen LogP contribution in [0.5, 0.6) is 0 Å². The fourth-order valence-corrected chi connectivity index (χ4v) is 10.9. The van der Waals surface area contributed by atoms with Gasteiger partial charge in [0.2, 0.25) is 0 Å². The van der Waals surface area contributed by atoms with Gasteiger partial charge in [-0.3, -0.25) is 0 Å². The Kier molecular flexibility index (Phi) is 9.21. The maximum absolute atomic E-state index is 7.08. The predicted octanol–water partition coefficient (Wildman–Crippen LogP) is 8.24. The molecule has 4 aromatic rings. The molecule has 0 spiro atoms. The minimum Gasteiger partial charge on any atom is -0.410 e. The van der Waals surface area contributed by atoms with E-state index in [0.29, 0.717) is 0 Å². The van der Waals surface area contributed by atoms with Crippen LogP contribution in [0.25, 0.3) is 6.08 Å². The van der Waals surface area contributed by atoms with Gasteiger partial charge in [0.25, 0.3) is 0 Å². The van der Waals surface area contributed by atoms with Crippen LogP contribution in [0.2, 0.25) is 18.1 Å². The van der Waals surface area contributed by atoms with Crippen molar-refractivity contribution in [2.75, 3.05) is 6.16 Å². The third-order valence-corrected chi connectivity index (χ3v) is 17.5. The highest BCUT2D eigenvalue weighted by atomic mass is 32.1. The predicted molar refractivity (Wildman–Crippen MR) is 173 cm³/mol. The first-order valence-electron chi connectivity index (χ1n) is 13.4. The molecule has 198 valence electrons. The van der Waals surface area contributed by atoms with Crippen LogP contribution in [0.3, 0.4) is 0 Å². The van der Waals surface area contributed by atoms with Crippen LogP contribution in [-0.2, 0) is 4.43 Å². The number of rotatable bonds is 10. The van der Waals surface area contributed by atoms with E-state index in [9.17, 15) is 0 Å². The summed E-state index contributed by atoms with van der Waals surface area (Å²) in [4.78, 5) is 4.67. The third-order valence-electron chi connectivity index (χ3n) is 7.71. The molecule has 1 atom stereocenters. The highest BCUT2D eigenvalue weighted by Crippen LogP contribution is 2.56. The van der Waals surface area contributed by atoms with Crippen LogP contribution in [0, 0.1) is 6.92 Å². The summed E-state index contributed by atoms with van der Waals surface area (Å²) in [6.07, 6.45) is 6.43. The molecule has 0 fully saturated rings. The number of nitrogens with zero attached hydrogens (tertiary/aromatic N) is 1. The van der Waals surface area contributed by atoms with Crippen molar-refractivity contribution in [2.24, 2.45) is 0 Å². The second kappa shape index (κ2) is 12.2. The Balaban J connectivity index is 1.78. The van der Waals surface area contributed by atoms with E-state index in [0.717, 1.165) is 23.3 Å². The first kappa shape index (κ1) is 28.6. The summed E-state index contributed by atoms with van der Waals surface area (Å²) in [5.41, 5.74) is 1.02. The first-order valence-corrected chi connectivity index (χ1v) is 19.2. The Bertz CT molecular complexity index is 1220. The molecule has 0 saturated carbocycles. The fourth-order valence-electron chi connectivity index (χ4n) is 4.62. The number of thiazole rings is 1. The van der Waals surface area contributed by atoms with E-state index in [-0.39, 0.29) is 11.1 Å². The van der Waals surface area contributed by atoms with Crippen molar-refractivity contribution in [1.29, 1.82) is 0 Å². The topological polar surface area (TPSA) is 22.1 Å². The molecule has 0 aliphatic carbocycles. The van der Waals surface area contributed by atoms with Gasteiger partial charge in [-0.25, -0.2) is 4.98 Å². The number of hydrogen-bond donors (Lipinski definition) is 0. The Morgan fingerprint density at radius 2 is 1.32 bits per heavy atom. The van der Waals surface area contributed by atoms with Gasteiger partial charge in [0, 0.05) is 11.8 Å². The summed E-state index contributed by atoms with van der Waals surface area (Å²) in [5, 5.41) is 7.62. The summed E-state index contributed by atoms with van der Waals surface area (Å²) >= 11 is 1.69. The van der Waals surface area contributed by atoms with Gasteiger partial charge in [-0.1, -0.05) is 81.4 Å². The number of aryl methyl sites for hydroxylation is 1. The molecule has 0 saturated heterocycles. The molecule has 0 radical (unpaired) electrons. The molecule has 2 nitrogen and oxygen atoms in total. The van der Waals surface area contributed by atoms with Gasteiger partial charge in [-0.05, 0) is 67.5 Å². The van der Waals surface area contributed by atoms with Gasteiger partial charge < -0.3 is 4.43 Å². The molecule has 0 bridgehead atoms. The molecule has 0 unspecified atom stereocenters. The number of aromatic nitrogens is 1. The van der Waals surface area contributed by atoms with E-state index < -0.39 is 15.6 Å². The van der Waals surface area contributed by atoms with Crippen LogP contribution in [0.4, 0.5) is 0 Å². The molecule has 3 aromatic carbocycles. The summed E-state index contributed by atoms with van der Waals surface area (Å²) < 4.78 is 7.08. The van der Waals surface area contributed by atoms with Gasteiger partial charge in [0.05, 0.1) is 23.0 Å². The zero-order chi connectivity index (χ0) is 27.2. The van der Waals surface area contributed by atoms with Crippen LogP contribution in [0.15, 0.2) is 102 Å². The lowest BCUT2D eigenvalue weighted by Crippen LogP contribution is -2.44. The summed E-state index contributed by atoms with van der Waals surface area (Å²) in [5.74, 6) is 0. The molecule has 0 N–H and O–H groups in total. The van der Waals surface area contributed by atoms with Crippen molar-refractivity contribution < 1.29 is 4.43 Å². The molecule has 0 amide bonds. The molecule has 0 aliphatic rings. The van der Waals surface area contributed by atoms with E-state index >= 15 is 0 Å². The van der Waals surface area contributed by atoms with Gasteiger partial charge >= 0.3 is 0 Å². The van der Waals surface area contributed by atoms with E-state index in [1.807, 2.05) is 0 Å². The van der Waals surface area contributed by atoms with Crippen molar-refractivity contribution in [3.8, 4) is 0 Å². The Hall–Kier alpha value is -2.36. The maximum atomic E-state index is 7.08. The monoisotopic (exact) mass is 558 g/mol. The van der Waals surface area contributed by atoms with E-state index in [1.165, 1.54) is 15.9 Å². The average molecular weight is 559 g/mol. The van der Waals surface area contributed by atoms with E-state index in [1.54, 1.807) is 11.3 Å². The third kappa shape index (κ3) is 6.61. The molecule has 1 heterocycles. The summed E-state index contributed by atoms with van der Waals surface area (Å²) in [6, 6.07) is 33.4. The maximum Gasteiger partial charge on any atom is 0.192 e. The summed E-state index contributed by atoms with van der Waals surface area (Å²) in [6.45, 7) is 13.7. The molecular weight excluding hydrogens is 517 g/mol. The van der Waals surface area contributed by atoms with Crippen LogP contribution in [0.1, 0.15) is 37.9 Å². The minimum atomic E-state index is -1.99. The summed E-state index contributed by atoms with van der Waals surface area (Å²) in [7, 11) is -3.91. The normalized spacial score (nSPS) is 13.6. The van der Waals surface area contributed by atoms with Gasteiger partial charge in [0.1, 0.15) is 23.2 Å². The minimum absolute atomic E-state index is 0.0217. The smallest absolute Gasteiger partial charge is 0.192 e. The van der Waals surface area contributed by atoms with Crippen molar-refractivity contribution >= 4 is 48.9 Å². The number of hydrogen-bond acceptors (Lipinski definition) is 3.